The highest BCUT2D eigenvalue weighted by molar-refractivity contribution is 7.13. The number of rotatable bonds is 6. The Bertz CT molecular complexity index is 473. The third-order valence-corrected chi connectivity index (χ3v) is 3.86. The minimum absolute atomic E-state index is 0.985. The van der Waals surface area contributed by atoms with Gasteiger partial charge in [-0.2, -0.15) is 0 Å². The van der Waals surface area contributed by atoms with Crippen molar-refractivity contribution in [3.05, 3.63) is 40.9 Å². The van der Waals surface area contributed by atoms with E-state index in [0.29, 0.717) is 0 Å². The molecule has 1 heterocycles. The molecule has 0 aliphatic rings. The zero-order chi connectivity index (χ0) is 12.8. The van der Waals surface area contributed by atoms with Crippen LogP contribution in [0.3, 0.4) is 0 Å². The minimum Gasteiger partial charge on any atom is -0.319 e. The van der Waals surface area contributed by atoms with Gasteiger partial charge in [0, 0.05) is 23.9 Å². The summed E-state index contributed by atoms with van der Waals surface area (Å²) >= 11 is 1.73. The Hall–Kier alpha value is -1.19. The lowest BCUT2D eigenvalue weighted by Gasteiger charge is -2.00. The molecule has 0 amide bonds. The van der Waals surface area contributed by atoms with Gasteiger partial charge in [-0.25, -0.2) is 4.98 Å². The summed E-state index contributed by atoms with van der Waals surface area (Å²) in [6.45, 7) is 3.20. The standard InChI is InChI=1S/C15H20N2S/c1-3-4-12-5-7-13(8-6-12)15-17-14(11-18-15)9-10-16-2/h5-8,11,16H,3-4,9-10H2,1-2H3. The quantitative estimate of drug-likeness (QED) is 0.859. The lowest BCUT2D eigenvalue weighted by molar-refractivity contribution is 0.780. The zero-order valence-electron chi connectivity index (χ0n) is 11.1. The van der Waals surface area contributed by atoms with Gasteiger partial charge in [0.15, 0.2) is 0 Å². The van der Waals surface area contributed by atoms with Crippen LogP contribution in [0.5, 0.6) is 0 Å². The molecule has 96 valence electrons. The first-order chi connectivity index (χ1) is 8.83. The smallest absolute Gasteiger partial charge is 0.123 e. The Morgan fingerprint density at radius 2 is 1.94 bits per heavy atom. The van der Waals surface area contributed by atoms with Crippen LogP contribution in [0.1, 0.15) is 24.6 Å². The molecule has 1 N–H and O–H groups in total. The van der Waals surface area contributed by atoms with Gasteiger partial charge in [0.05, 0.1) is 5.69 Å². The van der Waals surface area contributed by atoms with E-state index in [1.807, 2.05) is 7.05 Å². The van der Waals surface area contributed by atoms with Gasteiger partial charge in [-0.3, -0.25) is 0 Å². The molecule has 0 unspecified atom stereocenters. The molecule has 18 heavy (non-hydrogen) atoms. The van der Waals surface area contributed by atoms with Crippen LogP contribution in [-0.2, 0) is 12.8 Å². The van der Waals surface area contributed by atoms with E-state index in [4.69, 9.17) is 0 Å². The topological polar surface area (TPSA) is 24.9 Å². The summed E-state index contributed by atoms with van der Waals surface area (Å²) in [5, 5.41) is 6.44. The van der Waals surface area contributed by atoms with Crippen LogP contribution in [-0.4, -0.2) is 18.6 Å². The van der Waals surface area contributed by atoms with Crippen LogP contribution < -0.4 is 5.32 Å². The maximum absolute atomic E-state index is 4.67. The highest BCUT2D eigenvalue weighted by atomic mass is 32.1. The third-order valence-electron chi connectivity index (χ3n) is 2.92. The lowest BCUT2D eigenvalue weighted by atomic mass is 10.1. The van der Waals surface area contributed by atoms with Gasteiger partial charge < -0.3 is 5.32 Å². The summed E-state index contributed by atoms with van der Waals surface area (Å²) in [5.41, 5.74) is 3.82. The summed E-state index contributed by atoms with van der Waals surface area (Å²) in [6.07, 6.45) is 3.36. The van der Waals surface area contributed by atoms with E-state index in [1.54, 1.807) is 11.3 Å². The fraction of sp³-hybridized carbons (Fsp3) is 0.400. The summed E-state index contributed by atoms with van der Waals surface area (Å²) in [6, 6.07) is 8.80. The molecule has 2 aromatic rings. The molecular weight excluding hydrogens is 240 g/mol. The summed E-state index contributed by atoms with van der Waals surface area (Å²) in [7, 11) is 1.97. The molecule has 1 aromatic carbocycles. The SMILES string of the molecule is CCCc1ccc(-c2nc(CCNC)cs2)cc1. The van der Waals surface area contributed by atoms with Crippen molar-refractivity contribution in [3.63, 3.8) is 0 Å². The first kappa shape index (κ1) is 13.2. The van der Waals surface area contributed by atoms with E-state index in [1.165, 1.54) is 23.2 Å². The maximum atomic E-state index is 4.67. The van der Waals surface area contributed by atoms with Crippen LogP contribution >= 0.6 is 11.3 Å². The number of benzene rings is 1. The second-order valence-corrected chi connectivity index (χ2v) is 5.30. The van der Waals surface area contributed by atoms with E-state index in [-0.39, 0.29) is 0 Å². The average molecular weight is 260 g/mol. The van der Waals surface area contributed by atoms with Gasteiger partial charge in [0.25, 0.3) is 0 Å². The molecule has 0 spiro atoms. The van der Waals surface area contributed by atoms with Crippen molar-refractivity contribution in [1.29, 1.82) is 0 Å². The monoisotopic (exact) mass is 260 g/mol. The molecule has 2 rings (SSSR count). The molecule has 0 saturated carbocycles. The molecule has 3 heteroatoms. The average Bonchev–Trinajstić information content (AvgIpc) is 2.86. The second-order valence-electron chi connectivity index (χ2n) is 4.44. The number of hydrogen-bond donors (Lipinski definition) is 1. The molecule has 0 aliphatic heterocycles. The minimum atomic E-state index is 0.985. The predicted molar refractivity (Wildman–Crippen MR) is 79.2 cm³/mol. The van der Waals surface area contributed by atoms with Gasteiger partial charge >= 0.3 is 0 Å². The molecule has 0 radical (unpaired) electrons. The van der Waals surface area contributed by atoms with Gasteiger partial charge in [-0.05, 0) is 19.0 Å². The van der Waals surface area contributed by atoms with Gasteiger partial charge in [-0.1, -0.05) is 37.6 Å². The number of nitrogens with one attached hydrogen (secondary N) is 1. The summed E-state index contributed by atoms with van der Waals surface area (Å²) < 4.78 is 0. The number of nitrogens with zero attached hydrogens (tertiary/aromatic N) is 1. The van der Waals surface area contributed by atoms with Gasteiger partial charge in [-0.15, -0.1) is 11.3 Å². The fourth-order valence-corrected chi connectivity index (χ4v) is 2.77. The molecule has 0 bridgehead atoms. The van der Waals surface area contributed by atoms with Crippen LogP contribution in [0, 0.1) is 0 Å². The van der Waals surface area contributed by atoms with Crippen molar-refractivity contribution in [2.45, 2.75) is 26.2 Å². The molecule has 0 saturated heterocycles. The number of aryl methyl sites for hydroxylation is 1. The number of aromatic nitrogens is 1. The first-order valence-electron chi connectivity index (χ1n) is 6.51. The molecular formula is C15H20N2S. The highest BCUT2D eigenvalue weighted by Gasteiger charge is 2.04. The molecule has 2 nitrogen and oxygen atoms in total. The number of hydrogen-bond acceptors (Lipinski definition) is 3. The van der Waals surface area contributed by atoms with Crippen molar-refractivity contribution in [3.8, 4) is 10.6 Å². The number of likely N-dealkylation sites (N-methyl/N-ethyl adjacent to an activating group) is 1. The van der Waals surface area contributed by atoms with E-state index in [0.717, 1.165) is 24.4 Å². The molecule has 0 aliphatic carbocycles. The van der Waals surface area contributed by atoms with E-state index in [2.05, 4.69) is 46.9 Å². The van der Waals surface area contributed by atoms with Gasteiger partial charge in [0.1, 0.15) is 5.01 Å². The molecule has 0 fully saturated rings. The lowest BCUT2D eigenvalue weighted by Crippen LogP contribution is -2.10. The van der Waals surface area contributed by atoms with Crippen molar-refractivity contribution in [2.24, 2.45) is 0 Å². The normalized spacial score (nSPS) is 10.8. The summed E-state index contributed by atoms with van der Waals surface area (Å²) in [5.74, 6) is 0. The predicted octanol–water partition coefficient (Wildman–Crippen LogP) is 3.52. The number of thiazole rings is 1. The Labute approximate surface area is 113 Å². The maximum Gasteiger partial charge on any atom is 0.123 e. The van der Waals surface area contributed by atoms with E-state index >= 15 is 0 Å². The van der Waals surface area contributed by atoms with Crippen molar-refractivity contribution in [1.82, 2.24) is 10.3 Å². The van der Waals surface area contributed by atoms with Crippen LogP contribution in [0.15, 0.2) is 29.6 Å². The van der Waals surface area contributed by atoms with Crippen LogP contribution in [0.4, 0.5) is 0 Å². The molecule has 1 aromatic heterocycles. The van der Waals surface area contributed by atoms with Crippen molar-refractivity contribution in [2.75, 3.05) is 13.6 Å². The molecule has 0 atom stereocenters. The highest BCUT2D eigenvalue weighted by Crippen LogP contribution is 2.24. The van der Waals surface area contributed by atoms with E-state index < -0.39 is 0 Å². The first-order valence-corrected chi connectivity index (χ1v) is 7.39. The largest absolute Gasteiger partial charge is 0.319 e. The Kier molecular flexibility index (Phi) is 4.90. The van der Waals surface area contributed by atoms with Crippen molar-refractivity contribution < 1.29 is 0 Å². The Morgan fingerprint density at radius 3 is 2.61 bits per heavy atom. The Morgan fingerprint density at radius 1 is 1.17 bits per heavy atom. The van der Waals surface area contributed by atoms with Crippen molar-refractivity contribution >= 4 is 11.3 Å². The third kappa shape index (κ3) is 3.40. The second kappa shape index (κ2) is 6.66. The van der Waals surface area contributed by atoms with E-state index in [9.17, 15) is 0 Å². The zero-order valence-corrected chi connectivity index (χ0v) is 11.9. The van der Waals surface area contributed by atoms with Gasteiger partial charge in [0.2, 0.25) is 0 Å². The summed E-state index contributed by atoms with van der Waals surface area (Å²) in [4.78, 5) is 4.67. The van der Waals surface area contributed by atoms with Crippen LogP contribution in [0.25, 0.3) is 10.6 Å². The Balaban J connectivity index is 2.08. The fourth-order valence-electron chi connectivity index (χ4n) is 1.91. The van der Waals surface area contributed by atoms with Crippen LogP contribution in [0.2, 0.25) is 0 Å².